The summed E-state index contributed by atoms with van der Waals surface area (Å²) < 4.78 is 5.78. The fourth-order valence-electron chi connectivity index (χ4n) is 4.37. The first kappa shape index (κ1) is 40.1. The van der Waals surface area contributed by atoms with Gasteiger partial charge in [-0.25, -0.2) is 4.79 Å². The monoisotopic (exact) mass is 748 g/mol. The summed E-state index contributed by atoms with van der Waals surface area (Å²) in [6.45, 7) is 5.41. The van der Waals surface area contributed by atoms with Crippen molar-refractivity contribution in [2.45, 2.75) is 100 Å². The van der Waals surface area contributed by atoms with Gasteiger partial charge in [0.05, 0.1) is 41.3 Å². The number of halogens is 2. The van der Waals surface area contributed by atoms with Gasteiger partial charge in [-0.15, -0.1) is 0 Å². The number of ether oxygens (including phenoxy) is 1. The molecule has 0 heterocycles. The number of allylic oxidation sites excluding steroid dienone is 9. The summed E-state index contributed by atoms with van der Waals surface area (Å²) in [5.74, 6) is -2.86. The van der Waals surface area contributed by atoms with Crippen LogP contribution in [0, 0.1) is 11.8 Å². The van der Waals surface area contributed by atoms with E-state index in [1.54, 1.807) is 49.5 Å². The zero-order valence-corrected chi connectivity index (χ0v) is 28.4. The first-order valence-electron chi connectivity index (χ1n) is 14.6. The predicted molar refractivity (Wildman–Crippen MR) is 175 cm³/mol. The second-order valence-corrected chi connectivity index (χ2v) is 12.8. The molecule has 0 amide bonds. The third-order valence-electron chi connectivity index (χ3n) is 7.24. The highest BCUT2D eigenvalue weighted by Crippen LogP contribution is 2.28. The Morgan fingerprint density at radius 3 is 2.23 bits per heavy atom. The maximum Gasteiger partial charge on any atom is 0.331 e. The van der Waals surface area contributed by atoms with Crippen LogP contribution in [0.15, 0.2) is 70.8 Å². The molecule has 0 aromatic carbocycles. The lowest BCUT2D eigenvalue weighted by molar-refractivity contribution is -0.159. The molecule has 0 aliphatic heterocycles. The Bertz CT molecular complexity index is 1080. The van der Waals surface area contributed by atoms with E-state index in [-0.39, 0.29) is 19.3 Å². The number of carboxylic acid groups (broad SMARTS) is 1. The molecule has 7 N–H and O–H groups in total. The molecule has 44 heavy (non-hydrogen) atoms. The zero-order valence-electron chi connectivity index (χ0n) is 25.2. The molecule has 0 spiro atoms. The van der Waals surface area contributed by atoms with E-state index >= 15 is 0 Å². The van der Waals surface area contributed by atoms with E-state index in [4.69, 9.17) is 9.84 Å². The van der Waals surface area contributed by atoms with Gasteiger partial charge in [-0.1, -0.05) is 106 Å². The predicted octanol–water partition coefficient (Wildman–Crippen LogP) is 3.60. The molecule has 12 heteroatoms. The van der Waals surface area contributed by atoms with E-state index in [2.05, 4.69) is 31.9 Å². The number of hydrogen-bond donors (Lipinski definition) is 7. The molecule has 10 nitrogen and oxygen atoms in total. The molecule has 1 aliphatic rings. The summed E-state index contributed by atoms with van der Waals surface area (Å²) >= 11 is 6.60. The van der Waals surface area contributed by atoms with Crippen molar-refractivity contribution in [1.82, 2.24) is 0 Å². The summed E-state index contributed by atoms with van der Waals surface area (Å²) in [5, 5.41) is 71.0. The van der Waals surface area contributed by atoms with Crippen LogP contribution in [0.4, 0.5) is 0 Å². The SMILES string of the molecule is CC/C=C/[C@@H](O)[C@@H](Br)[C@H](O)CC(O)[C@@H](O)[C@H](O)[C@H](C)/C(Br)=C/C=C/C=C(C)/C=C/C=C/C(=O)O[C@@H]1C[C@@H](C(=O)O)CC[C@@H]1O. The van der Waals surface area contributed by atoms with Crippen molar-refractivity contribution in [2.75, 3.05) is 0 Å². The average molecular weight is 751 g/mol. The fraction of sp³-hybridized carbons (Fsp3) is 0.562. The van der Waals surface area contributed by atoms with Crippen LogP contribution in [0.2, 0.25) is 0 Å². The molecule has 0 aromatic rings. The summed E-state index contributed by atoms with van der Waals surface area (Å²) in [5.41, 5.74) is 0.848. The minimum absolute atomic E-state index is 0.0794. The molecular formula is C32H46Br2O10. The Morgan fingerprint density at radius 2 is 1.59 bits per heavy atom. The normalized spacial score (nSPS) is 25.3. The minimum Gasteiger partial charge on any atom is -0.481 e. The second-order valence-electron chi connectivity index (χ2n) is 10.9. The van der Waals surface area contributed by atoms with Crippen molar-refractivity contribution in [2.24, 2.45) is 11.8 Å². The van der Waals surface area contributed by atoms with Crippen LogP contribution in [0.5, 0.6) is 0 Å². The third-order valence-corrected chi connectivity index (χ3v) is 9.38. The molecule has 0 aromatic heterocycles. The van der Waals surface area contributed by atoms with Gasteiger partial charge in [-0.3, -0.25) is 4.79 Å². The third kappa shape index (κ3) is 14.5. The lowest BCUT2D eigenvalue weighted by Crippen LogP contribution is -2.44. The average Bonchev–Trinajstić information content (AvgIpc) is 2.99. The molecule has 1 aliphatic carbocycles. The summed E-state index contributed by atoms with van der Waals surface area (Å²) in [6.07, 6.45) is 9.24. The molecule has 0 bridgehead atoms. The van der Waals surface area contributed by atoms with Gasteiger partial charge in [0, 0.05) is 29.3 Å². The maximum atomic E-state index is 12.1. The van der Waals surface area contributed by atoms with Crippen LogP contribution in [-0.4, -0.2) is 95.2 Å². The number of rotatable bonds is 17. The number of carboxylic acids is 1. The van der Waals surface area contributed by atoms with Gasteiger partial charge in [-0.2, -0.15) is 0 Å². The Labute approximate surface area is 276 Å². The van der Waals surface area contributed by atoms with E-state index < -0.39 is 71.3 Å². The quantitative estimate of drug-likeness (QED) is 0.0381. The zero-order chi connectivity index (χ0) is 33.4. The maximum absolute atomic E-state index is 12.1. The van der Waals surface area contributed by atoms with Crippen molar-refractivity contribution in [3.63, 3.8) is 0 Å². The number of carbonyl (C=O) groups is 2. The smallest absolute Gasteiger partial charge is 0.331 e. The molecular weight excluding hydrogens is 704 g/mol. The minimum atomic E-state index is -1.54. The Balaban J connectivity index is 2.60. The summed E-state index contributed by atoms with van der Waals surface area (Å²) in [7, 11) is 0. The van der Waals surface area contributed by atoms with Gasteiger partial charge < -0.3 is 40.5 Å². The van der Waals surface area contributed by atoms with Gasteiger partial charge in [0.1, 0.15) is 12.2 Å². The van der Waals surface area contributed by atoms with E-state index in [0.29, 0.717) is 10.9 Å². The molecule has 1 saturated carbocycles. The number of carbonyl (C=O) groups excluding carboxylic acids is 1. The van der Waals surface area contributed by atoms with Crippen LogP contribution in [-0.2, 0) is 14.3 Å². The molecule has 0 saturated heterocycles. The topological polar surface area (TPSA) is 185 Å². The van der Waals surface area contributed by atoms with E-state index in [0.717, 1.165) is 12.0 Å². The first-order chi connectivity index (χ1) is 20.7. The van der Waals surface area contributed by atoms with Gasteiger partial charge >= 0.3 is 11.9 Å². The number of hydrogen-bond acceptors (Lipinski definition) is 9. The van der Waals surface area contributed by atoms with Crippen molar-refractivity contribution in [3.8, 4) is 0 Å². The van der Waals surface area contributed by atoms with Crippen LogP contribution < -0.4 is 0 Å². The fourth-order valence-corrected chi connectivity index (χ4v) is 5.18. The van der Waals surface area contributed by atoms with E-state index in [9.17, 15) is 40.2 Å². The van der Waals surface area contributed by atoms with Crippen molar-refractivity contribution in [3.05, 3.63) is 70.8 Å². The van der Waals surface area contributed by atoms with Crippen molar-refractivity contribution >= 4 is 43.8 Å². The number of aliphatic hydroxyl groups excluding tert-OH is 6. The van der Waals surface area contributed by atoms with Gasteiger partial charge in [0.25, 0.3) is 0 Å². The largest absolute Gasteiger partial charge is 0.481 e. The molecule has 1 unspecified atom stereocenters. The van der Waals surface area contributed by atoms with Gasteiger partial charge in [-0.05, 0) is 26.2 Å². The Morgan fingerprint density at radius 1 is 0.955 bits per heavy atom. The number of aliphatic hydroxyl groups is 6. The Kier molecular flexibility index (Phi) is 19.1. The Hall–Kier alpha value is -1.90. The number of alkyl halides is 1. The highest BCUT2D eigenvalue weighted by molar-refractivity contribution is 9.11. The van der Waals surface area contributed by atoms with Crippen molar-refractivity contribution in [1.29, 1.82) is 0 Å². The molecule has 1 rings (SSSR count). The highest BCUT2D eigenvalue weighted by Gasteiger charge is 2.35. The van der Waals surface area contributed by atoms with Crippen LogP contribution >= 0.6 is 31.9 Å². The lowest BCUT2D eigenvalue weighted by atomic mass is 9.85. The number of esters is 1. The molecule has 10 atom stereocenters. The van der Waals surface area contributed by atoms with Crippen LogP contribution in [0.3, 0.4) is 0 Å². The second kappa shape index (κ2) is 21.0. The summed E-state index contributed by atoms with van der Waals surface area (Å²) in [4.78, 5) is 22.5. The standard InChI is InChI=1S/C32H46Br2O10/c1-4-5-13-24(36)29(34)25(37)18-26(38)31(41)30(40)20(3)22(33)12-8-6-10-19(2)11-7-9-14-28(39)44-27-17-21(32(42)43)15-16-23(27)35/h5-14,20-21,23-27,29-31,35-38,40-41H,4,15-18H2,1-3H3,(H,42,43)/b8-6+,11-7+,13-5+,14-9+,19-10+,22-12-/t20-,21+,23+,24-,25-,26?,27-,29-,30-,31-/m1/s1. The van der Waals surface area contributed by atoms with Gasteiger partial charge in [0.2, 0.25) is 0 Å². The van der Waals surface area contributed by atoms with Gasteiger partial charge in [0.15, 0.2) is 0 Å². The molecule has 1 fully saturated rings. The molecule has 0 radical (unpaired) electrons. The van der Waals surface area contributed by atoms with Crippen molar-refractivity contribution < 1.29 is 50.1 Å². The molecule has 248 valence electrons. The number of aliphatic carboxylic acids is 1. The van der Waals surface area contributed by atoms with E-state index in [1.165, 1.54) is 18.2 Å². The van der Waals surface area contributed by atoms with E-state index in [1.807, 2.05) is 13.8 Å². The highest BCUT2D eigenvalue weighted by atomic mass is 79.9. The van der Waals surface area contributed by atoms with Crippen LogP contribution in [0.1, 0.15) is 52.9 Å². The van der Waals surface area contributed by atoms with Crippen LogP contribution in [0.25, 0.3) is 0 Å². The summed E-state index contributed by atoms with van der Waals surface area (Å²) in [6, 6.07) is 0. The first-order valence-corrected chi connectivity index (χ1v) is 16.3. The lowest BCUT2D eigenvalue weighted by Gasteiger charge is -2.30.